The van der Waals surface area contributed by atoms with Crippen molar-refractivity contribution in [3.05, 3.63) is 53.6 Å². The lowest BCUT2D eigenvalue weighted by Crippen LogP contribution is -1.97. The predicted octanol–water partition coefficient (Wildman–Crippen LogP) is 3.20. The molecule has 2 heterocycles. The van der Waals surface area contributed by atoms with Crippen LogP contribution < -0.4 is 5.73 Å². The van der Waals surface area contributed by atoms with Gasteiger partial charge in [0.2, 0.25) is 5.65 Å². The third-order valence-electron chi connectivity index (χ3n) is 3.34. The Kier molecular flexibility index (Phi) is 2.55. The fraction of sp³-hybridized carbons (Fsp3) is 0. The Hall–Kier alpha value is -2.66. The molecule has 0 radical (unpaired) electrons. The molecule has 4 aromatic rings. The number of nitrogens with zero attached hydrogens (tertiary/aromatic N) is 4. The van der Waals surface area contributed by atoms with E-state index < -0.39 is 0 Å². The van der Waals surface area contributed by atoms with E-state index in [0.717, 1.165) is 22.0 Å². The van der Waals surface area contributed by atoms with Crippen molar-refractivity contribution in [3.8, 4) is 5.69 Å². The van der Waals surface area contributed by atoms with Gasteiger partial charge in [0.05, 0.1) is 5.69 Å². The molecule has 0 atom stereocenters. The van der Waals surface area contributed by atoms with E-state index in [1.807, 2.05) is 36.4 Å². The molecule has 0 aliphatic heterocycles. The number of halogens is 1. The van der Waals surface area contributed by atoms with Gasteiger partial charge in [0.15, 0.2) is 0 Å². The van der Waals surface area contributed by atoms with E-state index in [2.05, 4.69) is 15.2 Å². The van der Waals surface area contributed by atoms with Gasteiger partial charge in [-0.1, -0.05) is 35.9 Å². The number of hydrogen-bond donors (Lipinski definition) is 1. The van der Waals surface area contributed by atoms with Gasteiger partial charge >= 0.3 is 0 Å². The topological polar surface area (TPSA) is 69.6 Å². The van der Waals surface area contributed by atoms with Gasteiger partial charge in [-0.25, -0.2) is 4.98 Å². The van der Waals surface area contributed by atoms with Crippen LogP contribution in [0.15, 0.2) is 48.5 Å². The van der Waals surface area contributed by atoms with Crippen molar-refractivity contribution in [2.24, 2.45) is 0 Å². The second-order valence-electron chi connectivity index (χ2n) is 4.68. The van der Waals surface area contributed by atoms with Crippen molar-refractivity contribution in [3.63, 3.8) is 0 Å². The highest BCUT2D eigenvalue weighted by Gasteiger charge is 2.12. The Balaban J connectivity index is 2.02. The van der Waals surface area contributed by atoms with Gasteiger partial charge < -0.3 is 5.73 Å². The van der Waals surface area contributed by atoms with Crippen LogP contribution in [-0.4, -0.2) is 20.0 Å². The monoisotopic (exact) mass is 295 g/mol. The zero-order chi connectivity index (χ0) is 14.4. The number of fused-ring (bicyclic) bond motifs is 3. The van der Waals surface area contributed by atoms with Gasteiger partial charge in [-0.2, -0.15) is 0 Å². The zero-order valence-electron chi connectivity index (χ0n) is 10.9. The van der Waals surface area contributed by atoms with Crippen LogP contribution in [-0.2, 0) is 0 Å². The van der Waals surface area contributed by atoms with Gasteiger partial charge in [0, 0.05) is 15.8 Å². The lowest BCUT2D eigenvalue weighted by atomic mass is 10.1. The van der Waals surface area contributed by atoms with Crippen molar-refractivity contribution < 1.29 is 0 Å². The lowest BCUT2D eigenvalue weighted by molar-refractivity contribution is 0.764. The minimum atomic E-state index is 0.459. The average Bonchev–Trinajstić information content (AvgIpc) is 2.92. The Morgan fingerprint density at radius 1 is 0.905 bits per heavy atom. The number of pyridine rings is 1. The summed E-state index contributed by atoms with van der Waals surface area (Å²) in [6.07, 6.45) is 0. The Morgan fingerprint density at radius 3 is 2.38 bits per heavy atom. The molecule has 5 nitrogen and oxygen atoms in total. The molecule has 4 rings (SSSR count). The summed E-state index contributed by atoms with van der Waals surface area (Å²) in [7, 11) is 0. The zero-order valence-corrected chi connectivity index (χ0v) is 11.6. The molecule has 21 heavy (non-hydrogen) atoms. The molecule has 0 spiro atoms. The Labute approximate surface area is 125 Å². The number of nitrogen functional groups attached to an aromatic ring is 1. The van der Waals surface area contributed by atoms with Gasteiger partial charge in [0.25, 0.3) is 0 Å². The van der Waals surface area contributed by atoms with Crippen molar-refractivity contribution >= 4 is 39.4 Å². The van der Waals surface area contributed by atoms with Crippen LogP contribution in [0.3, 0.4) is 0 Å². The normalized spacial score (nSPS) is 11.3. The Bertz CT molecular complexity index is 959. The summed E-state index contributed by atoms with van der Waals surface area (Å²) in [5.74, 6) is 0.459. The number of benzene rings is 2. The van der Waals surface area contributed by atoms with Gasteiger partial charge in [-0.3, -0.25) is 0 Å². The molecule has 0 saturated carbocycles. The molecule has 2 aromatic carbocycles. The average molecular weight is 296 g/mol. The summed E-state index contributed by atoms with van der Waals surface area (Å²) in [6, 6.07) is 15.1. The molecule has 0 aliphatic rings. The molecule has 2 N–H and O–H groups in total. The fourth-order valence-corrected chi connectivity index (χ4v) is 2.45. The standard InChI is InChI=1S/C15H10ClN5/c16-9-5-7-10(8-6-9)21-19-13-11-3-1-2-4-12(11)14(17)18-15(13)20-21/h1-8H,(H2,17,18,20). The van der Waals surface area contributed by atoms with E-state index in [9.17, 15) is 0 Å². The second-order valence-corrected chi connectivity index (χ2v) is 5.12. The number of aromatic nitrogens is 4. The molecule has 6 heteroatoms. The first-order valence-corrected chi connectivity index (χ1v) is 6.77. The van der Waals surface area contributed by atoms with E-state index in [0.29, 0.717) is 16.5 Å². The highest BCUT2D eigenvalue weighted by atomic mass is 35.5. The second kappa shape index (κ2) is 4.43. The summed E-state index contributed by atoms with van der Waals surface area (Å²) in [5, 5.41) is 11.4. The summed E-state index contributed by atoms with van der Waals surface area (Å²) < 4.78 is 0. The molecule has 0 fully saturated rings. The molecule has 0 bridgehead atoms. The SMILES string of the molecule is Nc1nc2nn(-c3ccc(Cl)cc3)nc2c2ccccc12. The first kappa shape index (κ1) is 12.1. The van der Waals surface area contributed by atoms with Crippen LogP contribution in [0.1, 0.15) is 0 Å². The number of rotatable bonds is 1. The number of hydrogen-bond acceptors (Lipinski definition) is 4. The maximum Gasteiger partial charge on any atom is 0.204 e. The summed E-state index contributed by atoms with van der Waals surface area (Å²) >= 11 is 5.90. The van der Waals surface area contributed by atoms with E-state index in [-0.39, 0.29) is 0 Å². The predicted molar refractivity (Wildman–Crippen MR) is 83.6 cm³/mol. The van der Waals surface area contributed by atoms with E-state index in [1.54, 1.807) is 16.9 Å². The van der Waals surface area contributed by atoms with E-state index in [4.69, 9.17) is 17.3 Å². The van der Waals surface area contributed by atoms with Crippen molar-refractivity contribution in [1.82, 2.24) is 20.0 Å². The molecular weight excluding hydrogens is 286 g/mol. The van der Waals surface area contributed by atoms with Crippen LogP contribution in [0.4, 0.5) is 5.82 Å². The maximum absolute atomic E-state index is 5.98. The first-order valence-electron chi connectivity index (χ1n) is 6.39. The summed E-state index contributed by atoms with van der Waals surface area (Å²) in [6.45, 7) is 0. The van der Waals surface area contributed by atoms with Crippen LogP contribution in [0.2, 0.25) is 5.02 Å². The van der Waals surface area contributed by atoms with Crippen LogP contribution >= 0.6 is 11.6 Å². The highest BCUT2D eigenvalue weighted by molar-refractivity contribution is 6.30. The van der Waals surface area contributed by atoms with Crippen molar-refractivity contribution in [2.75, 3.05) is 5.73 Å². The van der Waals surface area contributed by atoms with Gasteiger partial charge in [0.1, 0.15) is 11.3 Å². The van der Waals surface area contributed by atoms with Gasteiger partial charge in [-0.05, 0) is 24.3 Å². The minimum Gasteiger partial charge on any atom is -0.383 e. The number of nitrogens with two attached hydrogens (primary N) is 1. The maximum atomic E-state index is 5.98. The van der Waals surface area contributed by atoms with E-state index >= 15 is 0 Å². The highest BCUT2D eigenvalue weighted by Crippen LogP contribution is 2.26. The largest absolute Gasteiger partial charge is 0.383 e. The quantitative estimate of drug-likeness (QED) is 0.585. The third-order valence-corrected chi connectivity index (χ3v) is 3.59. The third kappa shape index (κ3) is 1.90. The molecule has 102 valence electrons. The van der Waals surface area contributed by atoms with Gasteiger partial charge in [-0.15, -0.1) is 15.0 Å². The van der Waals surface area contributed by atoms with Crippen molar-refractivity contribution in [1.29, 1.82) is 0 Å². The molecule has 0 unspecified atom stereocenters. The van der Waals surface area contributed by atoms with Crippen LogP contribution in [0.25, 0.3) is 27.6 Å². The van der Waals surface area contributed by atoms with Crippen LogP contribution in [0, 0.1) is 0 Å². The van der Waals surface area contributed by atoms with E-state index in [1.165, 1.54) is 0 Å². The smallest absolute Gasteiger partial charge is 0.204 e. The molecule has 0 amide bonds. The number of anilines is 1. The first-order chi connectivity index (χ1) is 10.2. The molecule has 0 saturated heterocycles. The Morgan fingerprint density at radius 2 is 1.62 bits per heavy atom. The molecular formula is C15H10ClN5. The minimum absolute atomic E-state index is 0.459. The van der Waals surface area contributed by atoms with Crippen molar-refractivity contribution in [2.45, 2.75) is 0 Å². The lowest BCUT2D eigenvalue weighted by Gasteiger charge is -1.99. The molecule has 2 aromatic heterocycles. The summed E-state index contributed by atoms with van der Waals surface area (Å²) in [4.78, 5) is 5.87. The fourth-order valence-electron chi connectivity index (χ4n) is 2.33. The van der Waals surface area contributed by atoms with Crippen LogP contribution in [0.5, 0.6) is 0 Å². The molecule has 0 aliphatic carbocycles. The summed E-state index contributed by atoms with van der Waals surface area (Å²) in [5.41, 5.74) is 8.06.